The normalized spacial score (nSPS) is 23.6. The molecule has 15 heavy (non-hydrogen) atoms. The highest BCUT2D eigenvalue weighted by Gasteiger charge is 2.21. The third-order valence-electron chi connectivity index (χ3n) is 2.94. The monoisotopic (exact) mass is 215 g/mol. The fourth-order valence-electron chi connectivity index (χ4n) is 2.27. The highest BCUT2D eigenvalue weighted by atomic mass is 32.2. The summed E-state index contributed by atoms with van der Waals surface area (Å²) in [5.41, 5.74) is 9.64. The van der Waals surface area contributed by atoms with Crippen LogP contribution in [-0.4, -0.2) is 5.75 Å². The molecule has 2 N–H and O–H groups in total. The lowest BCUT2D eigenvalue weighted by molar-refractivity contribution is 0.756. The zero-order chi connectivity index (χ0) is 10.3. The molecule has 0 fully saturated rings. The first-order chi connectivity index (χ1) is 7.33. The van der Waals surface area contributed by atoms with Crippen molar-refractivity contribution in [2.75, 3.05) is 5.75 Å². The van der Waals surface area contributed by atoms with Gasteiger partial charge in [-0.05, 0) is 35.6 Å². The van der Waals surface area contributed by atoms with Gasteiger partial charge in [0.1, 0.15) is 0 Å². The highest BCUT2D eigenvalue weighted by molar-refractivity contribution is 7.99. The van der Waals surface area contributed by atoms with E-state index in [2.05, 4.69) is 36.4 Å². The minimum absolute atomic E-state index is 0.613. The van der Waals surface area contributed by atoms with Crippen LogP contribution in [0.4, 0.5) is 0 Å². The Morgan fingerprint density at radius 2 is 2.13 bits per heavy atom. The number of allylic oxidation sites excluding steroid dienone is 3. The molecule has 1 atom stereocenters. The maximum absolute atomic E-state index is 5.93. The first-order valence-corrected chi connectivity index (χ1v) is 6.21. The van der Waals surface area contributed by atoms with E-state index in [1.165, 1.54) is 16.0 Å². The summed E-state index contributed by atoms with van der Waals surface area (Å²) in [6, 6.07) is 8.63. The van der Waals surface area contributed by atoms with E-state index >= 15 is 0 Å². The van der Waals surface area contributed by atoms with Gasteiger partial charge in [-0.25, -0.2) is 0 Å². The van der Waals surface area contributed by atoms with Crippen molar-refractivity contribution in [1.29, 1.82) is 0 Å². The summed E-state index contributed by atoms with van der Waals surface area (Å²) in [7, 11) is 0. The lowest BCUT2D eigenvalue weighted by atomic mass is 9.90. The first-order valence-electron chi connectivity index (χ1n) is 5.23. The van der Waals surface area contributed by atoms with E-state index in [4.69, 9.17) is 5.73 Å². The van der Waals surface area contributed by atoms with Gasteiger partial charge in [-0.2, -0.15) is 0 Å². The molecule has 2 heteroatoms. The number of benzene rings is 1. The van der Waals surface area contributed by atoms with Crippen LogP contribution in [0.5, 0.6) is 0 Å². The Balaban J connectivity index is 2.16. The van der Waals surface area contributed by atoms with Crippen molar-refractivity contribution in [3.63, 3.8) is 0 Å². The Kier molecular flexibility index (Phi) is 2.10. The van der Waals surface area contributed by atoms with Crippen LogP contribution in [0.2, 0.25) is 0 Å². The summed E-state index contributed by atoms with van der Waals surface area (Å²) < 4.78 is 0. The van der Waals surface area contributed by atoms with Crippen molar-refractivity contribution < 1.29 is 0 Å². The topological polar surface area (TPSA) is 26.0 Å². The molecule has 0 amide bonds. The molecule has 1 aliphatic heterocycles. The number of fused-ring (bicyclic) bond motifs is 4. The standard InChI is InChI=1S/C13H13NS/c14-11-6-9-5-10(7-11)12-3-1-2-4-13(12)15-8-9/h1-4,6-7,9H,5,8,14H2. The molecule has 1 unspecified atom stereocenters. The van der Waals surface area contributed by atoms with Crippen LogP contribution >= 0.6 is 11.8 Å². The van der Waals surface area contributed by atoms with E-state index in [9.17, 15) is 0 Å². The Hall–Kier alpha value is -1.15. The van der Waals surface area contributed by atoms with Crippen molar-refractivity contribution in [2.45, 2.75) is 11.3 Å². The van der Waals surface area contributed by atoms with Crippen LogP contribution in [0.15, 0.2) is 47.0 Å². The minimum Gasteiger partial charge on any atom is -0.399 e. The van der Waals surface area contributed by atoms with Gasteiger partial charge in [-0.15, -0.1) is 11.8 Å². The quantitative estimate of drug-likeness (QED) is 0.720. The lowest BCUT2D eigenvalue weighted by Crippen LogP contribution is -2.08. The van der Waals surface area contributed by atoms with Crippen LogP contribution in [0.1, 0.15) is 12.0 Å². The molecule has 1 heterocycles. The van der Waals surface area contributed by atoms with Gasteiger partial charge in [0.15, 0.2) is 0 Å². The summed E-state index contributed by atoms with van der Waals surface area (Å²) in [5, 5.41) is 0. The van der Waals surface area contributed by atoms with Crippen LogP contribution < -0.4 is 5.73 Å². The van der Waals surface area contributed by atoms with Gasteiger partial charge >= 0.3 is 0 Å². The van der Waals surface area contributed by atoms with Gasteiger partial charge in [0.2, 0.25) is 0 Å². The molecule has 1 aliphatic carbocycles. The van der Waals surface area contributed by atoms with E-state index in [0.29, 0.717) is 5.92 Å². The Morgan fingerprint density at radius 3 is 3.07 bits per heavy atom. The van der Waals surface area contributed by atoms with Crippen molar-refractivity contribution in [2.24, 2.45) is 11.7 Å². The average molecular weight is 215 g/mol. The molecule has 0 saturated carbocycles. The molecule has 0 spiro atoms. The highest BCUT2D eigenvalue weighted by Crippen LogP contribution is 2.40. The van der Waals surface area contributed by atoms with Crippen LogP contribution in [0.3, 0.4) is 0 Å². The van der Waals surface area contributed by atoms with Gasteiger partial charge in [0.25, 0.3) is 0 Å². The molecule has 76 valence electrons. The number of hydrogen-bond acceptors (Lipinski definition) is 2. The molecule has 1 nitrogen and oxygen atoms in total. The second-order valence-electron chi connectivity index (χ2n) is 4.11. The van der Waals surface area contributed by atoms with E-state index in [0.717, 1.165) is 17.9 Å². The van der Waals surface area contributed by atoms with E-state index < -0.39 is 0 Å². The molecular weight excluding hydrogens is 202 g/mol. The molecule has 0 aromatic heterocycles. The summed E-state index contributed by atoms with van der Waals surface area (Å²) in [6.07, 6.45) is 5.47. The third kappa shape index (κ3) is 1.59. The second-order valence-corrected chi connectivity index (χ2v) is 5.17. The predicted molar refractivity (Wildman–Crippen MR) is 65.5 cm³/mol. The number of rotatable bonds is 0. The average Bonchev–Trinajstić information content (AvgIpc) is 2.37. The van der Waals surface area contributed by atoms with Crippen molar-refractivity contribution in [3.05, 3.63) is 47.7 Å². The zero-order valence-electron chi connectivity index (χ0n) is 8.44. The van der Waals surface area contributed by atoms with Gasteiger partial charge in [0.05, 0.1) is 0 Å². The summed E-state index contributed by atoms with van der Waals surface area (Å²) in [5.74, 6) is 1.76. The van der Waals surface area contributed by atoms with Crippen LogP contribution in [0, 0.1) is 5.92 Å². The number of hydrogen-bond donors (Lipinski definition) is 1. The van der Waals surface area contributed by atoms with E-state index in [1.54, 1.807) is 0 Å². The largest absolute Gasteiger partial charge is 0.399 e. The van der Waals surface area contributed by atoms with E-state index in [1.807, 2.05) is 11.8 Å². The molecule has 2 bridgehead atoms. The minimum atomic E-state index is 0.613. The summed E-state index contributed by atoms with van der Waals surface area (Å²) in [6.45, 7) is 0. The maximum Gasteiger partial charge on any atom is 0.0279 e. The Morgan fingerprint density at radius 1 is 1.27 bits per heavy atom. The molecule has 0 saturated heterocycles. The second kappa shape index (κ2) is 3.46. The van der Waals surface area contributed by atoms with Gasteiger partial charge in [-0.3, -0.25) is 0 Å². The SMILES string of the molecule is NC1=CC2CSc3ccccc3C(=C1)C2. The maximum atomic E-state index is 5.93. The van der Waals surface area contributed by atoms with Crippen molar-refractivity contribution in [3.8, 4) is 0 Å². The number of thioether (sulfide) groups is 1. The Labute approximate surface area is 94.1 Å². The number of nitrogens with two attached hydrogens (primary N) is 1. The first kappa shape index (κ1) is 9.10. The molecular formula is C13H13NS. The molecule has 2 aliphatic rings. The third-order valence-corrected chi connectivity index (χ3v) is 4.20. The molecule has 1 aromatic carbocycles. The zero-order valence-corrected chi connectivity index (χ0v) is 9.26. The van der Waals surface area contributed by atoms with Gasteiger partial charge < -0.3 is 5.73 Å². The fourth-order valence-corrected chi connectivity index (χ4v) is 3.41. The van der Waals surface area contributed by atoms with Crippen molar-refractivity contribution >= 4 is 17.3 Å². The predicted octanol–water partition coefficient (Wildman–Crippen LogP) is 3.04. The Bertz CT molecular complexity index is 459. The molecule has 3 rings (SSSR count). The summed E-state index contributed by atoms with van der Waals surface area (Å²) >= 11 is 1.95. The molecule has 1 aromatic rings. The lowest BCUT2D eigenvalue weighted by Gasteiger charge is -2.16. The van der Waals surface area contributed by atoms with Crippen LogP contribution in [0.25, 0.3) is 5.57 Å². The van der Waals surface area contributed by atoms with Crippen LogP contribution in [-0.2, 0) is 0 Å². The van der Waals surface area contributed by atoms with Crippen molar-refractivity contribution in [1.82, 2.24) is 0 Å². The van der Waals surface area contributed by atoms with E-state index in [-0.39, 0.29) is 0 Å². The molecule has 0 radical (unpaired) electrons. The van der Waals surface area contributed by atoms with Gasteiger partial charge in [0, 0.05) is 16.3 Å². The fraction of sp³-hybridized carbons (Fsp3) is 0.231. The van der Waals surface area contributed by atoms with Gasteiger partial charge in [-0.1, -0.05) is 24.3 Å². The smallest absolute Gasteiger partial charge is 0.0279 e. The summed E-state index contributed by atoms with van der Waals surface area (Å²) in [4.78, 5) is 1.40.